The fourth-order valence-corrected chi connectivity index (χ4v) is 2.53. The lowest BCUT2D eigenvalue weighted by atomic mass is 10.00. The van der Waals surface area contributed by atoms with Crippen LogP contribution >= 0.6 is 23.2 Å². The van der Waals surface area contributed by atoms with Crippen LogP contribution in [0, 0.1) is 5.92 Å². The van der Waals surface area contributed by atoms with Gasteiger partial charge in [-0.05, 0) is 36.2 Å². The predicted molar refractivity (Wildman–Crippen MR) is 91.4 cm³/mol. The van der Waals surface area contributed by atoms with Gasteiger partial charge in [0.05, 0.1) is 11.3 Å². The summed E-state index contributed by atoms with van der Waals surface area (Å²) in [6, 6.07) is 11.6. The molecule has 0 radical (unpaired) electrons. The van der Waals surface area contributed by atoms with Crippen molar-refractivity contribution >= 4 is 40.8 Å². The summed E-state index contributed by atoms with van der Waals surface area (Å²) >= 11 is 11.9. The molecule has 1 amide bonds. The van der Waals surface area contributed by atoms with Crippen molar-refractivity contribution in [3.05, 3.63) is 63.6 Å². The molecule has 0 aliphatic carbocycles. The average Bonchev–Trinajstić information content (AvgIpc) is 2.51. The second kappa shape index (κ2) is 7.49. The first kappa shape index (κ1) is 17.3. The molecule has 1 atom stereocenters. The maximum absolute atomic E-state index is 12.3. The number of anilines is 1. The molecule has 120 valence electrons. The minimum Gasteiger partial charge on any atom is -0.478 e. The van der Waals surface area contributed by atoms with Crippen molar-refractivity contribution in [3.8, 4) is 0 Å². The predicted octanol–water partition coefficient (Wildman–Crippen LogP) is 4.51. The van der Waals surface area contributed by atoms with E-state index in [0.717, 1.165) is 5.56 Å². The van der Waals surface area contributed by atoms with Crippen LogP contribution in [0.5, 0.6) is 0 Å². The molecular weight excluding hydrogens is 337 g/mol. The average molecular weight is 352 g/mol. The molecule has 0 fully saturated rings. The van der Waals surface area contributed by atoms with Gasteiger partial charge in [0.15, 0.2) is 0 Å². The summed E-state index contributed by atoms with van der Waals surface area (Å²) < 4.78 is 0. The third-order valence-corrected chi connectivity index (χ3v) is 4.01. The van der Waals surface area contributed by atoms with Crippen molar-refractivity contribution in [3.63, 3.8) is 0 Å². The van der Waals surface area contributed by atoms with E-state index in [2.05, 4.69) is 5.32 Å². The smallest absolute Gasteiger partial charge is 0.337 e. The van der Waals surface area contributed by atoms with Gasteiger partial charge in [-0.2, -0.15) is 0 Å². The maximum atomic E-state index is 12.3. The molecule has 0 aliphatic rings. The number of carboxylic acid groups (broad SMARTS) is 1. The van der Waals surface area contributed by atoms with Gasteiger partial charge in [0.2, 0.25) is 5.91 Å². The lowest BCUT2D eigenvalue weighted by molar-refractivity contribution is -0.119. The number of aromatic carboxylic acids is 1. The van der Waals surface area contributed by atoms with Crippen molar-refractivity contribution in [2.75, 3.05) is 5.32 Å². The molecular formula is C17H15Cl2NO3. The lowest BCUT2D eigenvalue weighted by Gasteiger charge is -2.14. The Kier molecular flexibility index (Phi) is 5.64. The monoisotopic (exact) mass is 351 g/mol. The minimum atomic E-state index is -1.15. The molecule has 0 aliphatic heterocycles. The van der Waals surface area contributed by atoms with Crippen LogP contribution in [-0.2, 0) is 11.2 Å². The van der Waals surface area contributed by atoms with Crippen LogP contribution in [-0.4, -0.2) is 17.0 Å². The molecule has 0 aromatic heterocycles. The van der Waals surface area contributed by atoms with Gasteiger partial charge in [0.25, 0.3) is 0 Å². The number of carbonyl (C=O) groups excluding carboxylic acids is 1. The van der Waals surface area contributed by atoms with Gasteiger partial charge >= 0.3 is 5.97 Å². The summed E-state index contributed by atoms with van der Waals surface area (Å²) in [5.74, 6) is -1.80. The number of nitrogens with one attached hydrogen (secondary N) is 1. The van der Waals surface area contributed by atoms with Crippen LogP contribution in [0.4, 0.5) is 5.69 Å². The van der Waals surface area contributed by atoms with Gasteiger partial charge in [0.1, 0.15) is 0 Å². The Morgan fingerprint density at radius 3 is 2.52 bits per heavy atom. The van der Waals surface area contributed by atoms with Gasteiger partial charge in [-0.25, -0.2) is 4.79 Å². The van der Waals surface area contributed by atoms with Gasteiger partial charge in [-0.3, -0.25) is 4.79 Å². The molecule has 0 saturated carbocycles. The summed E-state index contributed by atoms with van der Waals surface area (Å²) in [5, 5.41) is 12.7. The summed E-state index contributed by atoms with van der Waals surface area (Å²) in [4.78, 5) is 23.5. The standard InChI is InChI=1S/C17H15Cl2NO3/c1-10(8-11-4-2-3-5-14(11)19)16(21)20-15-7-6-12(18)9-13(15)17(22)23/h2-7,9-10H,8H2,1H3,(H,20,21)(H,22,23). The van der Waals surface area contributed by atoms with E-state index in [-0.39, 0.29) is 23.1 Å². The summed E-state index contributed by atoms with van der Waals surface area (Å²) in [6.45, 7) is 1.76. The second-order valence-corrected chi connectivity index (χ2v) is 6.02. The largest absolute Gasteiger partial charge is 0.478 e. The highest BCUT2D eigenvalue weighted by Crippen LogP contribution is 2.23. The number of carbonyl (C=O) groups is 2. The van der Waals surface area contributed by atoms with Crippen molar-refractivity contribution in [1.29, 1.82) is 0 Å². The number of amides is 1. The van der Waals surface area contributed by atoms with Crippen LogP contribution in [0.3, 0.4) is 0 Å². The van der Waals surface area contributed by atoms with E-state index >= 15 is 0 Å². The van der Waals surface area contributed by atoms with E-state index in [4.69, 9.17) is 23.2 Å². The Hall–Kier alpha value is -2.04. The van der Waals surface area contributed by atoms with Gasteiger partial charge in [-0.15, -0.1) is 0 Å². The van der Waals surface area contributed by atoms with Crippen molar-refractivity contribution in [2.45, 2.75) is 13.3 Å². The highest BCUT2D eigenvalue weighted by molar-refractivity contribution is 6.31. The van der Waals surface area contributed by atoms with Crippen LogP contribution in [0.2, 0.25) is 10.0 Å². The Balaban J connectivity index is 2.13. The molecule has 0 spiro atoms. The molecule has 4 nitrogen and oxygen atoms in total. The third kappa shape index (κ3) is 4.47. The molecule has 1 unspecified atom stereocenters. The van der Waals surface area contributed by atoms with Crippen LogP contribution < -0.4 is 5.32 Å². The van der Waals surface area contributed by atoms with E-state index < -0.39 is 5.97 Å². The first-order chi connectivity index (χ1) is 10.9. The normalized spacial score (nSPS) is 11.8. The van der Waals surface area contributed by atoms with Gasteiger partial charge in [-0.1, -0.05) is 48.3 Å². The summed E-state index contributed by atoms with van der Waals surface area (Å²) in [6.07, 6.45) is 0.460. The number of benzene rings is 2. The fourth-order valence-electron chi connectivity index (χ4n) is 2.14. The molecule has 0 saturated heterocycles. The number of carboxylic acids is 1. The Morgan fingerprint density at radius 1 is 1.17 bits per heavy atom. The fraction of sp³-hybridized carbons (Fsp3) is 0.176. The molecule has 6 heteroatoms. The number of hydrogen-bond acceptors (Lipinski definition) is 2. The van der Waals surface area contributed by atoms with Gasteiger partial charge < -0.3 is 10.4 Å². The molecule has 2 N–H and O–H groups in total. The highest BCUT2D eigenvalue weighted by Gasteiger charge is 2.18. The molecule has 2 aromatic carbocycles. The zero-order valence-corrected chi connectivity index (χ0v) is 13.9. The lowest BCUT2D eigenvalue weighted by Crippen LogP contribution is -2.23. The zero-order valence-electron chi connectivity index (χ0n) is 12.3. The van der Waals surface area contributed by atoms with E-state index in [1.807, 2.05) is 18.2 Å². The summed E-state index contributed by atoms with van der Waals surface area (Å²) in [5.41, 5.74) is 1.04. The SMILES string of the molecule is CC(Cc1ccccc1Cl)C(=O)Nc1ccc(Cl)cc1C(=O)O. The summed E-state index contributed by atoms with van der Waals surface area (Å²) in [7, 11) is 0. The number of halogens is 2. The Morgan fingerprint density at radius 2 is 1.87 bits per heavy atom. The first-order valence-electron chi connectivity index (χ1n) is 6.95. The Labute approximate surface area is 144 Å². The van der Waals surface area contributed by atoms with E-state index in [0.29, 0.717) is 16.5 Å². The topological polar surface area (TPSA) is 66.4 Å². The third-order valence-electron chi connectivity index (χ3n) is 3.40. The van der Waals surface area contributed by atoms with Crippen molar-refractivity contribution in [1.82, 2.24) is 0 Å². The molecule has 0 bridgehead atoms. The van der Waals surface area contributed by atoms with Crippen LogP contribution in [0.15, 0.2) is 42.5 Å². The second-order valence-electron chi connectivity index (χ2n) is 5.18. The quantitative estimate of drug-likeness (QED) is 0.832. The molecule has 2 aromatic rings. The van der Waals surface area contributed by atoms with Crippen LogP contribution in [0.1, 0.15) is 22.8 Å². The Bertz CT molecular complexity index is 746. The zero-order chi connectivity index (χ0) is 17.0. The molecule has 2 rings (SSSR count). The van der Waals surface area contributed by atoms with E-state index in [9.17, 15) is 14.7 Å². The first-order valence-corrected chi connectivity index (χ1v) is 7.71. The molecule has 23 heavy (non-hydrogen) atoms. The van der Waals surface area contributed by atoms with Crippen molar-refractivity contribution in [2.24, 2.45) is 5.92 Å². The van der Waals surface area contributed by atoms with Crippen molar-refractivity contribution < 1.29 is 14.7 Å². The highest BCUT2D eigenvalue weighted by atomic mass is 35.5. The molecule has 0 heterocycles. The number of rotatable bonds is 5. The minimum absolute atomic E-state index is 0.0456. The maximum Gasteiger partial charge on any atom is 0.337 e. The van der Waals surface area contributed by atoms with Gasteiger partial charge in [0, 0.05) is 16.0 Å². The van der Waals surface area contributed by atoms with Crippen LogP contribution in [0.25, 0.3) is 0 Å². The van der Waals surface area contributed by atoms with E-state index in [1.54, 1.807) is 13.0 Å². The van der Waals surface area contributed by atoms with E-state index in [1.165, 1.54) is 18.2 Å². The number of hydrogen-bond donors (Lipinski definition) is 2.